The molecule has 7 heteroatoms. The molecule has 1 aliphatic heterocycles. The van der Waals surface area contributed by atoms with Crippen molar-refractivity contribution < 1.29 is 14.4 Å². The summed E-state index contributed by atoms with van der Waals surface area (Å²) in [6.45, 7) is 0.190. The highest BCUT2D eigenvalue weighted by Gasteiger charge is 2.24. The summed E-state index contributed by atoms with van der Waals surface area (Å²) >= 11 is 1.16. The first-order valence-corrected chi connectivity index (χ1v) is 4.99. The van der Waals surface area contributed by atoms with Crippen LogP contribution >= 0.6 is 11.3 Å². The molecule has 1 saturated heterocycles. The van der Waals surface area contributed by atoms with Gasteiger partial charge in [-0.15, -0.1) is 0 Å². The Balaban J connectivity index is 2.19. The monoisotopic (exact) mass is 225 g/mol. The van der Waals surface area contributed by atoms with Crippen molar-refractivity contribution in [2.24, 2.45) is 0 Å². The highest BCUT2D eigenvalue weighted by Crippen LogP contribution is 2.21. The van der Waals surface area contributed by atoms with Gasteiger partial charge in [0.2, 0.25) is 11.8 Å². The molecule has 1 aliphatic rings. The highest BCUT2D eigenvalue weighted by molar-refractivity contribution is 7.17. The molecule has 78 valence electrons. The number of rotatable bonds is 2. The quantitative estimate of drug-likeness (QED) is 0.538. The minimum absolute atomic E-state index is 0.0948. The van der Waals surface area contributed by atoms with E-state index in [0.29, 0.717) is 16.3 Å². The first kappa shape index (κ1) is 9.78. The van der Waals surface area contributed by atoms with E-state index in [0.717, 1.165) is 11.3 Å². The predicted molar refractivity (Wildman–Crippen MR) is 52.9 cm³/mol. The zero-order valence-electron chi connectivity index (χ0n) is 7.60. The van der Waals surface area contributed by atoms with Crippen LogP contribution in [0.4, 0.5) is 5.13 Å². The smallest absolute Gasteiger partial charge is 0.246 e. The number of nitrogens with one attached hydrogen (secondary N) is 1. The summed E-state index contributed by atoms with van der Waals surface area (Å²) in [7, 11) is 0. The molecule has 0 atom stereocenters. The normalized spacial score (nSPS) is 16.4. The van der Waals surface area contributed by atoms with Crippen LogP contribution < -0.4 is 10.2 Å². The predicted octanol–water partition coefficient (Wildman–Crippen LogP) is -0.582. The Hall–Kier alpha value is -1.76. The second-order valence-electron chi connectivity index (χ2n) is 2.99. The van der Waals surface area contributed by atoms with Crippen molar-refractivity contribution in [3.63, 3.8) is 0 Å². The Morgan fingerprint density at radius 2 is 2.07 bits per heavy atom. The fraction of sp³-hybridized carbons (Fsp3) is 0.250. The lowest BCUT2D eigenvalue weighted by molar-refractivity contribution is -0.130. The first-order chi connectivity index (χ1) is 7.19. The molecular weight excluding hydrogens is 218 g/mol. The Morgan fingerprint density at radius 1 is 1.40 bits per heavy atom. The molecule has 0 aliphatic carbocycles. The lowest BCUT2D eigenvalue weighted by Crippen LogP contribution is -2.51. The van der Waals surface area contributed by atoms with Crippen LogP contribution in [0.5, 0.6) is 0 Å². The van der Waals surface area contributed by atoms with Crippen LogP contribution in [0.3, 0.4) is 0 Å². The summed E-state index contributed by atoms with van der Waals surface area (Å²) < 4.78 is 0. The topological polar surface area (TPSA) is 79.4 Å². The van der Waals surface area contributed by atoms with Gasteiger partial charge in [0.05, 0.1) is 11.1 Å². The standard InChI is InChI=1S/C8H7N3O3S/c12-4-5-1-9-8(15-5)11-2-6(13)10-7(14)3-11/h1,4H,2-3H2,(H,10,13,14). The number of thiazole rings is 1. The summed E-state index contributed by atoms with van der Waals surface area (Å²) in [5, 5.41) is 2.70. The molecule has 1 N–H and O–H groups in total. The molecule has 0 spiro atoms. The summed E-state index contributed by atoms with van der Waals surface area (Å²) in [4.78, 5) is 38.5. The van der Waals surface area contributed by atoms with E-state index >= 15 is 0 Å². The van der Waals surface area contributed by atoms with Crippen LogP contribution in [-0.2, 0) is 9.59 Å². The molecule has 0 radical (unpaired) electrons. The molecule has 6 nitrogen and oxygen atoms in total. The van der Waals surface area contributed by atoms with Gasteiger partial charge in [-0.3, -0.25) is 19.7 Å². The van der Waals surface area contributed by atoms with Crippen molar-refractivity contribution in [1.82, 2.24) is 10.3 Å². The number of hydrogen-bond acceptors (Lipinski definition) is 6. The van der Waals surface area contributed by atoms with Crippen LogP contribution in [0, 0.1) is 0 Å². The van der Waals surface area contributed by atoms with Gasteiger partial charge in [-0.25, -0.2) is 4.98 Å². The largest absolute Gasteiger partial charge is 0.329 e. The number of nitrogens with zero attached hydrogens (tertiary/aromatic N) is 2. The Bertz CT molecular complexity index is 413. The van der Waals surface area contributed by atoms with Crippen molar-refractivity contribution in [2.75, 3.05) is 18.0 Å². The van der Waals surface area contributed by atoms with Gasteiger partial charge >= 0.3 is 0 Å². The van der Waals surface area contributed by atoms with Gasteiger partial charge in [0, 0.05) is 0 Å². The number of amides is 2. The summed E-state index contributed by atoms with van der Waals surface area (Å²) in [5.41, 5.74) is 0. The van der Waals surface area contributed by atoms with E-state index in [1.165, 1.54) is 6.20 Å². The van der Waals surface area contributed by atoms with Gasteiger partial charge in [-0.1, -0.05) is 11.3 Å². The van der Waals surface area contributed by atoms with Crippen molar-refractivity contribution >= 4 is 34.6 Å². The molecule has 0 bridgehead atoms. The number of carbonyl (C=O) groups is 3. The Kier molecular flexibility index (Phi) is 2.46. The zero-order valence-corrected chi connectivity index (χ0v) is 8.41. The molecule has 15 heavy (non-hydrogen) atoms. The van der Waals surface area contributed by atoms with Crippen molar-refractivity contribution in [2.45, 2.75) is 0 Å². The molecule has 1 aromatic rings. The number of anilines is 1. The van der Waals surface area contributed by atoms with Crippen LogP contribution in [0.15, 0.2) is 6.20 Å². The lowest BCUT2D eigenvalue weighted by Gasteiger charge is -2.24. The molecule has 2 heterocycles. The first-order valence-electron chi connectivity index (χ1n) is 4.17. The third-order valence-electron chi connectivity index (χ3n) is 1.85. The zero-order chi connectivity index (χ0) is 10.8. The van der Waals surface area contributed by atoms with Crippen LogP contribution in [0.2, 0.25) is 0 Å². The molecule has 0 aromatic carbocycles. The second kappa shape index (κ2) is 3.77. The van der Waals surface area contributed by atoms with E-state index in [-0.39, 0.29) is 24.9 Å². The summed E-state index contributed by atoms with van der Waals surface area (Å²) in [6, 6.07) is 0. The van der Waals surface area contributed by atoms with Crippen molar-refractivity contribution in [1.29, 1.82) is 0 Å². The number of imide groups is 1. The van der Waals surface area contributed by atoms with Gasteiger partial charge in [-0.2, -0.15) is 0 Å². The third kappa shape index (κ3) is 2.01. The van der Waals surface area contributed by atoms with E-state index in [1.807, 2.05) is 0 Å². The lowest BCUT2D eigenvalue weighted by atomic mass is 10.4. The average Bonchev–Trinajstić information content (AvgIpc) is 2.64. The number of aldehydes is 1. The summed E-state index contributed by atoms with van der Waals surface area (Å²) in [6.07, 6.45) is 2.11. The minimum Gasteiger partial charge on any atom is -0.329 e. The van der Waals surface area contributed by atoms with Gasteiger partial charge in [0.1, 0.15) is 13.1 Å². The summed E-state index contributed by atoms with van der Waals surface area (Å²) in [5.74, 6) is -0.705. The molecule has 2 rings (SSSR count). The van der Waals surface area contributed by atoms with E-state index in [2.05, 4.69) is 10.3 Å². The van der Waals surface area contributed by atoms with Crippen LogP contribution in [0.1, 0.15) is 9.67 Å². The highest BCUT2D eigenvalue weighted by atomic mass is 32.1. The van der Waals surface area contributed by atoms with Gasteiger partial charge in [0.25, 0.3) is 0 Å². The number of hydrogen-bond donors (Lipinski definition) is 1. The molecule has 0 unspecified atom stereocenters. The Morgan fingerprint density at radius 3 is 2.60 bits per heavy atom. The minimum atomic E-state index is -0.353. The van der Waals surface area contributed by atoms with E-state index in [4.69, 9.17) is 0 Å². The van der Waals surface area contributed by atoms with Crippen LogP contribution in [-0.4, -0.2) is 36.2 Å². The Labute approximate surface area is 88.9 Å². The third-order valence-corrected chi connectivity index (χ3v) is 2.83. The van der Waals surface area contributed by atoms with Gasteiger partial charge in [-0.05, 0) is 0 Å². The maximum Gasteiger partial charge on any atom is 0.246 e. The number of aromatic nitrogens is 1. The second-order valence-corrected chi connectivity index (χ2v) is 4.03. The van der Waals surface area contributed by atoms with E-state index in [9.17, 15) is 14.4 Å². The van der Waals surface area contributed by atoms with Gasteiger partial charge in [0.15, 0.2) is 11.4 Å². The fourth-order valence-electron chi connectivity index (χ4n) is 1.25. The number of carbonyl (C=O) groups excluding carboxylic acids is 3. The number of piperazine rings is 1. The maximum atomic E-state index is 11.1. The molecule has 1 fully saturated rings. The molecule has 1 aromatic heterocycles. The maximum absolute atomic E-state index is 11.1. The fourth-order valence-corrected chi connectivity index (χ4v) is 1.98. The molecule has 2 amide bonds. The van der Waals surface area contributed by atoms with Crippen molar-refractivity contribution in [3.8, 4) is 0 Å². The van der Waals surface area contributed by atoms with E-state index in [1.54, 1.807) is 4.90 Å². The average molecular weight is 225 g/mol. The molecular formula is C8H7N3O3S. The van der Waals surface area contributed by atoms with Gasteiger partial charge < -0.3 is 4.90 Å². The SMILES string of the molecule is O=Cc1cnc(N2CC(=O)NC(=O)C2)s1. The molecule has 0 saturated carbocycles. The van der Waals surface area contributed by atoms with Crippen molar-refractivity contribution in [3.05, 3.63) is 11.1 Å². The van der Waals surface area contributed by atoms with E-state index < -0.39 is 0 Å². The van der Waals surface area contributed by atoms with Crippen LogP contribution in [0.25, 0.3) is 0 Å².